The largest absolute Gasteiger partial charge is 0.384 e. The van der Waals surface area contributed by atoms with E-state index >= 15 is 0 Å². The Bertz CT molecular complexity index is 493. The molecule has 1 aromatic rings. The highest BCUT2D eigenvalue weighted by Crippen LogP contribution is 2.21. The summed E-state index contributed by atoms with van der Waals surface area (Å²) in [5.41, 5.74) is 0.958. The minimum absolute atomic E-state index is 0.0342. The van der Waals surface area contributed by atoms with Crippen LogP contribution in [0.4, 0.5) is 0 Å². The molecule has 0 aliphatic rings. The molecule has 0 spiro atoms. The number of hydrogen-bond acceptors (Lipinski definition) is 4. The van der Waals surface area contributed by atoms with Crippen LogP contribution >= 0.6 is 11.3 Å². The van der Waals surface area contributed by atoms with E-state index in [4.69, 9.17) is 9.84 Å². The Kier molecular flexibility index (Phi) is 7.31. The third kappa shape index (κ3) is 4.97. The zero-order chi connectivity index (χ0) is 15.0. The van der Waals surface area contributed by atoms with Crippen molar-refractivity contribution in [3.63, 3.8) is 0 Å². The van der Waals surface area contributed by atoms with E-state index in [0.717, 1.165) is 23.3 Å². The number of aryl methyl sites for hydroxylation is 1. The van der Waals surface area contributed by atoms with Crippen LogP contribution in [-0.4, -0.2) is 37.4 Å². The van der Waals surface area contributed by atoms with Gasteiger partial charge in [-0.1, -0.05) is 25.2 Å². The number of carbonyl (C=O) groups is 1. The van der Waals surface area contributed by atoms with Crippen LogP contribution in [0.1, 0.15) is 39.9 Å². The minimum Gasteiger partial charge on any atom is -0.384 e. The van der Waals surface area contributed by atoms with E-state index in [0.29, 0.717) is 11.5 Å². The van der Waals surface area contributed by atoms with Crippen LogP contribution in [-0.2, 0) is 4.74 Å². The number of hydrogen-bond donors (Lipinski definition) is 2. The summed E-state index contributed by atoms with van der Waals surface area (Å²) in [6.45, 7) is 4.33. The first-order chi connectivity index (χ1) is 9.62. The molecule has 1 rings (SSSR count). The maximum Gasteiger partial charge on any atom is 0.261 e. The highest BCUT2D eigenvalue weighted by Gasteiger charge is 2.16. The molecule has 2 N–H and O–H groups in total. The van der Waals surface area contributed by atoms with Crippen molar-refractivity contribution in [1.82, 2.24) is 5.32 Å². The molecule has 0 radical (unpaired) electrons. The van der Waals surface area contributed by atoms with Gasteiger partial charge < -0.3 is 15.2 Å². The van der Waals surface area contributed by atoms with Gasteiger partial charge in [0.2, 0.25) is 0 Å². The summed E-state index contributed by atoms with van der Waals surface area (Å²) in [6.07, 6.45) is 1.88. The number of aliphatic hydroxyl groups excluding tert-OH is 1. The summed E-state index contributed by atoms with van der Waals surface area (Å²) >= 11 is 1.35. The number of methoxy groups -OCH3 is 1. The fourth-order valence-corrected chi connectivity index (χ4v) is 2.79. The number of aliphatic hydroxyl groups is 1. The molecule has 1 unspecified atom stereocenters. The Morgan fingerprint density at radius 1 is 1.60 bits per heavy atom. The molecule has 0 aliphatic heterocycles. The molecular formula is C15H21NO3S. The second kappa shape index (κ2) is 8.75. The predicted octanol–water partition coefficient (Wildman–Crippen LogP) is 1.95. The fraction of sp³-hybridized carbons (Fsp3) is 0.533. The first-order valence-electron chi connectivity index (χ1n) is 6.62. The zero-order valence-electron chi connectivity index (χ0n) is 12.2. The Balaban J connectivity index is 2.76. The molecule has 4 nitrogen and oxygen atoms in total. The van der Waals surface area contributed by atoms with E-state index in [2.05, 4.69) is 24.1 Å². The molecule has 0 fully saturated rings. The second-order valence-electron chi connectivity index (χ2n) is 4.50. The lowest BCUT2D eigenvalue weighted by Gasteiger charge is -2.16. The Morgan fingerprint density at radius 3 is 2.95 bits per heavy atom. The van der Waals surface area contributed by atoms with Gasteiger partial charge in [0.05, 0.1) is 22.4 Å². The summed E-state index contributed by atoms with van der Waals surface area (Å²) < 4.78 is 5.11. The van der Waals surface area contributed by atoms with Crippen LogP contribution in [0.15, 0.2) is 6.07 Å². The van der Waals surface area contributed by atoms with E-state index in [1.54, 1.807) is 7.11 Å². The van der Waals surface area contributed by atoms with Gasteiger partial charge in [-0.3, -0.25) is 4.79 Å². The maximum atomic E-state index is 12.2. The van der Waals surface area contributed by atoms with Gasteiger partial charge in [0.15, 0.2) is 0 Å². The third-order valence-electron chi connectivity index (χ3n) is 2.76. The van der Waals surface area contributed by atoms with Crippen molar-refractivity contribution in [2.75, 3.05) is 20.3 Å². The summed E-state index contributed by atoms with van der Waals surface area (Å²) in [4.78, 5) is 13.7. The average Bonchev–Trinajstić information content (AvgIpc) is 2.78. The number of amides is 1. The normalized spacial score (nSPS) is 11.6. The highest BCUT2D eigenvalue weighted by atomic mass is 32.1. The summed E-state index contributed by atoms with van der Waals surface area (Å²) in [7, 11) is 1.63. The monoisotopic (exact) mass is 295 g/mol. The molecular weight excluding hydrogens is 274 g/mol. The van der Waals surface area contributed by atoms with Crippen LogP contribution in [0, 0.1) is 18.8 Å². The first kappa shape index (κ1) is 16.7. The third-order valence-corrected chi connectivity index (χ3v) is 3.91. The first-order valence-corrected chi connectivity index (χ1v) is 7.44. The lowest BCUT2D eigenvalue weighted by atomic mass is 10.2. The average molecular weight is 295 g/mol. The van der Waals surface area contributed by atoms with Crippen LogP contribution in [0.25, 0.3) is 0 Å². The molecule has 0 bridgehead atoms. The smallest absolute Gasteiger partial charge is 0.261 e. The van der Waals surface area contributed by atoms with Gasteiger partial charge in [0.1, 0.15) is 6.61 Å². The summed E-state index contributed by atoms with van der Waals surface area (Å²) in [5.74, 6) is 5.37. The molecule has 110 valence electrons. The van der Waals surface area contributed by atoms with Crippen molar-refractivity contribution in [2.45, 2.75) is 32.7 Å². The van der Waals surface area contributed by atoms with Crippen molar-refractivity contribution in [3.05, 3.63) is 21.4 Å². The van der Waals surface area contributed by atoms with Crippen LogP contribution < -0.4 is 5.32 Å². The fourth-order valence-electron chi connectivity index (χ4n) is 1.84. The topological polar surface area (TPSA) is 58.6 Å². The molecule has 0 aromatic carbocycles. The zero-order valence-corrected chi connectivity index (χ0v) is 13.0. The van der Waals surface area contributed by atoms with Crippen LogP contribution in [0.5, 0.6) is 0 Å². The highest BCUT2D eigenvalue weighted by molar-refractivity contribution is 7.14. The molecule has 0 aliphatic carbocycles. The number of ether oxygens (including phenoxy) is 1. The van der Waals surface area contributed by atoms with Gasteiger partial charge >= 0.3 is 0 Å². The minimum atomic E-state index is -0.175. The molecule has 0 saturated heterocycles. The number of carbonyl (C=O) groups excluding carboxylic acids is 1. The standard InChI is InChI=1S/C15H21NO3S/c1-4-6-12(10-19-3)16-15(18)14-9-11(2)13(20-14)7-5-8-17/h9,12,17H,4,6,8,10H2,1-3H3,(H,16,18). The van der Waals surface area contributed by atoms with E-state index in [-0.39, 0.29) is 18.6 Å². The Hall–Kier alpha value is -1.35. The predicted molar refractivity (Wildman–Crippen MR) is 81.1 cm³/mol. The maximum absolute atomic E-state index is 12.2. The van der Waals surface area contributed by atoms with Crippen LogP contribution in [0.3, 0.4) is 0 Å². The van der Waals surface area contributed by atoms with Crippen LogP contribution in [0.2, 0.25) is 0 Å². The quantitative estimate of drug-likeness (QED) is 0.789. The summed E-state index contributed by atoms with van der Waals surface area (Å²) in [5, 5.41) is 11.7. The van der Waals surface area contributed by atoms with Gasteiger partial charge in [-0.25, -0.2) is 0 Å². The number of rotatable bonds is 6. The number of thiophene rings is 1. The van der Waals surface area contributed by atoms with Crippen molar-refractivity contribution in [3.8, 4) is 11.8 Å². The van der Waals surface area contributed by atoms with Gasteiger partial charge in [-0.2, -0.15) is 0 Å². The molecule has 20 heavy (non-hydrogen) atoms. The lowest BCUT2D eigenvalue weighted by molar-refractivity contribution is 0.0895. The SMILES string of the molecule is CCCC(COC)NC(=O)c1cc(C)c(C#CCO)s1. The van der Waals surface area contributed by atoms with Crippen molar-refractivity contribution in [2.24, 2.45) is 0 Å². The molecule has 0 saturated carbocycles. The Labute approximate surface area is 124 Å². The second-order valence-corrected chi connectivity index (χ2v) is 5.55. The van der Waals surface area contributed by atoms with E-state index in [9.17, 15) is 4.79 Å². The van der Waals surface area contributed by atoms with Gasteiger partial charge in [-0.15, -0.1) is 11.3 Å². The van der Waals surface area contributed by atoms with Crippen molar-refractivity contribution in [1.29, 1.82) is 0 Å². The summed E-state index contributed by atoms with van der Waals surface area (Å²) in [6, 6.07) is 1.86. The molecule has 1 heterocycles. The van der Waals surface area contributed by atoms with E-state index < -0.39 is 0 Å². The van der Waals surface area contributed by atoms with Crippen molar-refractivity contribution < 1.29 is 14.6 Å². The molecule has 5 heteroatoms. The molecule has 1 atom stereocenters. The molecule has 1 amide bonds. The lowest BCUT2D eigenvalue weighted by Crippen LogP contribution is -2.37. The van der Waals surface area contributed by atoms with E-state index in [1.165, 1.54) is 11.3 Å². The van der Waals surface area contributed by atoms with E-state index in [1.807, 2.05) is 13.0 Å². The van der Waals surface area contributed by atoms with Gasteiger partial charge in [0, 0.05) is 7.11 Å². The van der Waals surface area contributed by atoms with Gasteiger partial charge in [0.25, 0.3) is 5.91 Å². The Morgan fingerprint density at radius 2 is 2.35 bits per heavy atom. The van der Waals surface area contributed by atoms with Gasteiger partial charge in [-0.05, 0) is 25.0 Å². The molecule has 1 aromatic heterocycles. The van der Waals surface area contributed by atoms with Crippen molar-refractivity contribution >= 4 is 17.2 Å². The number of nitrogens with one attached hydrogen (secondary N) is 1.